The highest BCUT2D eigenvalue weighted by atomic mass is 15.1. The van der Waals surface area contributed by atoms with Gasteiger partial charge in [-0.2, -0.15) is 0 Å². The minimum absolute atomic E-state index is 0.955. The smallest absolute Gasteiger partial charge is 0.187 e. The lowest BCUT2D eigenvalue weighted by Gasteiger charge is -2.10. The van der Waals surface area contributed by atoms with Gasteiger partial charge in [-0.1, -0.05) is 66.7 Å². The third-order valence-corrected chi connectivity index (χ3v) is 7.05. The van der Waals surface area contributed by atoms with Gasteiger partial charge in [0.15, 0.2) is 5.70 Å². The maximum Gasteiger partial charge on any atom is 0.187 e. The second-order valence-corrected chi connectivity index (χ2v) is 9.59. The first-order chi connectivity index (χ1) is 17.5. The molecule has 0 atom stereocenters. The molecule has 6 rings (SSSR count). The third-order valence-electron chi connectivity index (χ3n) is 7.05. The predicted octanol–water partition coefficient (Wildman–Crippen LogP) is 6.71. The van der Waals surface area contributed by atoms with Crippen LogP contribution in [0.2, 0.25) is 0 Å². The molecule has 176 valence electrons. The molecular weight excluding hydrogens is 440 g/mol. The Morgan fingerprint density at radius 2 is 1.08 bits per heavy atom. The van der Waals surface area contributed by atoms with Gasteiger partial charge in [0.25, 0.3) is 0 Å². The van der Waals surface area contributed by atoms with Crippen molar-refractivity contribution in [2.45, 2.75) is 27.7 Å². The van der Waals surface area contributed by atoms with Crippen molar-refractivity contribution < 1.29 is 5.32 Å². The number of nitrogens with zero attached hydrogens (tertiary/aromatic N) is 2. The lowest BCUT2D eigenvalue weighted by Crippen LogP contribution is -2.75. The van der Waals surface area contributed by atoms with Crippen molar-refractivity contribution in [2.24, 2.45) is 9.98 Å². The second-order valence-electron chi connectivity index (χ2n) is 9.59. The molecule has 3 N–H and O–H groups in total. The lowest BCUT2D eigenvalue weighted by molar-refractivity contribution is -0.504. The number of hydrogen-bond donors (Lipinski definition) is 2. The molecule has 0 radical (unpaired) electrons. The summed E-state index contributed by atoms with van der Waals surface area (Å²) in [4.78, 5) is 10.6. The summed E-state index contributed by atoms with van der Waals surface area (Å²) in [6.45, 7) is 8.50. The molecule has 4 aromatic carbocycles. The Morgan fingerprint density at radius 1 is 0.556 bits per heavy atom. The molecule has 0 aromatic heterocycles. The molecule has 2 aliphatic heterocycles. The highest BCUT2D eigenvalue weighted by Crippen LogP contribution is 2.36. The predicted molar refractivity (Wildman–Crippen MR) is 149 cm³/mol. The van der Waals surface area contributed by atoms with E-state index in [1.54, 1.807) is 0 Å². The topological polar surface area (TPSA) is 53.4 Å². The zero-order chi connectivity index (χ0) is 24.8. The number of fused-ring (bicyclic) bond motifs is 2. The van der Waals surface area contributed by atoms with Crippen molar-refractivity contribution in [3.05, 3.63) is 130 Å². The Hall–Kier alpha value is -4.28. The number of quaternary nitrogens is 1. The fourth-order valence-corrected chi connectivity index (χ4v) is 5.14. The summed E-state index contributed by atoms with van der Waals surface area (Å²) in [5.41, 5.74) is 15.2. The Balaban J connectivity index is 1.63. The van der Waals surface area contributed by atoms with E-state index in [1.165, 1.54) is 27.9 Å². The summed E-state index contributed by atoms with van der Waals surface area (Å²) in [6, 6.07) is 29.6. The SMILES string of the molecule is Cc1cccc(C)c1N=C1/C(=C2\[NH2+]c3ccccc3C2=Nc2c(C)cccc2C)Nc2ccccc21. The van der Waals surface area contributed by atoms with Crippen LogP contribution in [0, 0.1) is 27.7 Å². The van der Waals surface area contributed by atoms with Gasteiger partial charge in [-0.05, 0) is 62.1 Å². The molecule has 2 aliphatic rings. The summed E-state index contributed by atoms with van der Waals surface area (Å²) in [7, 11) is 0. The first kappa shape index (κ1) is 22.2. The first-order valence-corrected chi connectivity index (χ1v) is 12.4. The molecule has 36 heavy (non-hydrogen) atoms. The summed E-state index contributed by atoms with van der Waals surface area (Å²) in [5, 5.41) is 5.95. The van der Waals surface area contributed by atoms with Crippen LogP contribution in [0.25, 0.3) is 0 Å². The highest BCUT2D eigenvalue weighted by molar-refractivity contribution is 6.28. The molecule has 0 fully saturated rings. The van der Waals surface area contributed by atoms with E-state index in [1.807, 2.05) is 0 Å². The standard InChI is InChI=1S/C32H28N4/c1-19-11-9-12-20(2)27(19)35-29-23-15-5-7-17-25(23)33-31(29)32-30(24-16-6-8-18-26(24)34-32)36-28-21(3)13-10-14-22(28)4/h5-18,33-34H,1-4H3/p+1/b32-31+,35-29?,36-30?. The molecule has 0 amide bonds. The molecule has 0 spiro atoms. The highest BCUT2D eigenvalue weighted by Gasteiger charge is 2.36. The van der Waals surface area contributed by atoms with E-state index < -0.39 is 0 Å². The van der Waals surface area contributed by atoms with Gasteiger partial charge in [-0.25, -0.2) is 9.98 Å². The normalized spacial score (nSPS) is 18.4. The van der Waals surface area contributed by atoms with Gasteiger partial charge in [0, 0.05) is 17.3 Å². The van der Waals surface area contributed by atoms with Crippen LogP contribution >= 0.6 is 0 Å². The van der Waals surface area contributed by atoms with Crippen molar-refractivity contribution in [3.8, 4) is 0 Å². The molecule has 4 aromatic rings. The molecule has 4 heteroatoms. The Morgan fingerprint density at radius 3 is 1.72 bits per heavy atom. The summed E-state index contributed by atoms with van der Waals surface area (Å²) < 4.78 is 0. The molecule has 0 saturated carbocycles. The van der Waals surface area contributed by atoms with Crippen LogP contribution in [0.5, 0.6) is 0 Å². The van der Waals surface area contributed by atoms with Crippen molar-refractivity contribution in [1.82, 2.24) is 0 Å². The number of nitrogens with two attached hydrogens (primary N) is 1. The number of aliphatic imine (C=N–C) groups is 2. The molecule has 0 unspecified atom stereocenters. The number of allylic oxidation sites excluding steroid dienone is 2. The average Bonchev–Trinajstić information content (AvgIpc) is 3.42. The third kappa shape index (κ3) is 3.67. The summed E-state index contributed by atoms with van der Waals surface area (Å²) >= 11 is 0. The van der Waals surface area contributed by atoms with Gasteiger partial charge in [0.05, 0.1) is 16.9 Å². The Labute approximate surface area is 212 Å². The van der Waals surface area contributed by atoms with Crippen LogP contribution in [0.3, 0.4) is 0 Å². The minimum atomic E-state index is 0.955. The maximum absolute atomic E-state index is 5.30. The summed E-state index contributed by atoms with van der Waals surface area (Å²) in [5.74, 6) is 0. The van der Waals surface area contributed by atoms with Gasteiger partial charge in [0.1, 0.15) is 22.8 Å². The quantitative estimate of drug-likeness (QED) is 0.315. The number of para-hydroxylation sites is 4. The largest absolute Gasteiger partial charge is 0.348 e. The van der Waals surface area contributed by atoms with Crippen molar-refractivity contribution in [3.63, 3.8) is 0 Å². The number of benzene rings is 4. The van der Waals surface area contributed by atoms with Crippen molar-refractivity contribution in [2.75, 3.05) is 5.32 Å². The van der Waals surface area contributed by atoms with Crippen LogP contribution in [0.15, 0.2) is 106 Å². The van der Waals surface area contributed by atoms with E-state index in [4.69, 9.17) is 9.98 Å². The Bertz CT molecular complexity index is 1460. The zero-order valence-corrected chi connectivity index (χ0v) is 21.1. The first-order valence-electron chi connectivity index (χ1n) is 12.4. The van der Waals surface area contributed by atoms with E-state index >= 15 is 0 Å². The fraction of sp³-hybridized carbons (Fsp3) is 0.125. The summed E-state index contributed by atoms with van der Waals surface area (Å²) in [6.07, 6.45) is 0. The number of aryl methyl sites for hydroxylation is 4. The lowest BCUT2D eigenvalue weighted by atomic mass is 10.0. The number of rotatable bonds is 2. The van der Waals surface area contributed by atoms with E-state index in [9.17, 15) is 0 Å². The van der Waals surface area contributed by atoms with Crippen LogP contribution < -0.4 is 10.6 Å². The minimum Gasteiger partial charge on any atom is -0.348 e. The zero-order valence-electron chi connectivity index (χ0n) is 21.1. The van der Waals surface area contributed by atoms with E-state index in [-0.39, 0.29) is 0 Å². The fourth-order valence-electron chi connectivity index (χ4n) is 5.14. The number of anilines is 1. The van der Waals surface area contributed by atoms with Crippen LogP contribution in [-0.2, 0) is 0 Å². The van der Waals surface area contributed by atoms with E-state index in [0.717, 1.165) is 51.0 Å². The second kappa shape index (κ2) is 8.74. The Kier molecular flexibility index (Phi) is 5.39. The van der Waals surface area contributed by atoms with E-state index in [0.29, 0.717) is 0 Å². The molecule has 0 aliphatic carbocycles. The molecule has 2 heterocycles. The van der Waals surface area contributed by atoms with Gasteiger partial charge in [-0.15, -0.1) is 0 Å². The van der Waals surface area contributed by atoms with Gasteiger partial charge in [-0.3, -0.25) is 5.32 Å². The van der Waals surface area contributed by atoms with Gasteiger partial charge < -0.3 is 5.32 Å². The average molecular weight is 470 g/mol. The van der Waals surface area contributed by atoms with Crippen LogP contribution in [-0.4, -0.2) is 11.4 Å². The number of nitrogens with one attached hydrogen (secondary N) is 1. The molecule has 0 saturated heterocycles. The number of hydrogen-bond acceptors (Lipinski definition) is 3. The van der Waals surface area contributed by atoms with Crippen LogP contribution in [0.4, 0.5) is 22.7 Å². The van der Waals surface area contributed by atoms with Gasteiger partial charge >= 0.3 is 0 Å². The van der Waals surface area contributed by atoms with Crippen molar-refractivity contribution in [1.29, 1.82) is 0 Å². The van der Waals surface area contributed by atoms with Crippen LogP contribution in [0.1, 0.15) is 33.4 Å². The molecule has 4 nitrogen and oxygen atoms in total. The monoisotopic (exact) mass is 469 g/mol. The molecular formula is C32H29N4+. The van der Waals surface area contributed by atoms with E-state index in [2.05, 4.69) is 123 Å². The maximum atomic E-state index is 5.30. The van der Waals surface area contributed by atoms with Crippen molar-refractivity contribution >= 4 is 34.2 Å². The van der Waals surface area contributed by atoms with Gasteiger partial charge in [0.2, 0.25) is 0 Å². The molecule has 0 bridgehead atoms.